The number of piperidine rings is 2. The van der Waals surface area contributed by atoms with Crippen LogP contribution in [0.5, 0.6) is 5.75 Å². The highest BCUT2D eigenvalue weighted by molar-refractivity contribution is 5.77. The van der Waals surface area contributed by atoms with Gasteiger partial charge in [0, 0.05) is 93.9 Å². The summed E-state index contributed by atoms with van der Waals surface area (Å²) < 4.78 is 116. The Morgan fingerprint density at radius 3 is 1.74 bits per heavy atom. The molecule has 5 atom stereocenters. The zero-order valence-corrected chi connectivity index (χ0v) is 54.6. The van der Waals surface area contributed by atoms with Crippen molar-refractivity contribution >= 4 is 17.8 Å². The van der Waals surface area contributed by atoms with Gasteiger partial charge in [-0.2, -0.15) is 0 Å². The lowest BCUT2D eigenvalue weighted by Gasteiger charge is -2.80. The fourth-order valence-corrected chi connectivity index (χ4v) is 13.2. The first-order chi connectivity index (χ1) is 46.0. The van der Waals surface area contributed by atoms with Crippen molar-refractivity contribution in [2.75, 3.05) is 185 Å². The number of hydrogen-bond acceptors (Lipinski definition) is 21. The molecule has 25 nitrogen and oxygen atoms in total. The molecule has 4 aromatic rings. The minimum Gasteiger partial charge on any atom is -0.420 e. The molecule has 5 aliphatic rings. The quantitative estimate of drug-likeness (QED) is 0.0353. The Morgan fingerprint density at radius 2 is 1.20 bits per heavy atom. The number of hydrogen-bond donors (Lipinski definition) is 1. The molecular formula is C66H96F3N9O16. The fraction of sp³-hybridized carbons (Fsp3) is 0.697. The highest BCUT2D eigenvalue weighted by Crippen LogP contribution is 2.73. The van der Waals surface area contributed by atoms with Gasteiger partial charge in [-0.1, -0.05) is 35.5 Å². The normalized spacial score (nSPS) is 19.6. The van der Waals surface area contributed by atoms with E-state index in [4.69, 9.17) is 61.8 Å². The lowest BCUT2D eigenvalue weighted by molar-refractivity contribution is -0.295. The molecule has 28 heteroatoms. The predicted octanol–water partition coefficient (Wildman–Crippen LogP) is 4.85. The van der Waals surface area contributed by atoms with E-state index in [1.807, 2.05) is 29.3 Å². The van der Waals surface area contributed by atoms with Gasteiger partial charge in [0.15, 0.2) is 11.6 Å². The van der Waals surface area contributed by atoms with E-state index in [1.54, 1.807) is 11.6 Å². The van der Waals surface area contributed by atoms with Gasteiger partial charge >= 0.3 is 5.97 Å². The van der Waals surface area contributed by atoms with Gasteiger partial charge in [-0.3, -0.25) is 19.3 Å². The van der Waals surface area contributed by atoms with E-state index in [0.29, 0.717) is 200 Å². The summed E-state index contributed by atoms with van der Waals surface area (Å²) in [5.41, 5.74) is 4.66. The lowest BCUT2D eigenvalue weighted by atomic mass is 9.40. The standard InChI is InChI=1S/C66H96F3N9O16/c1-49-70-58-47-75(13-10-59(58)78(49)62-43-61-66(62)12-8-60(66)77(61)14-9-57(71-50(2)79)52-6-4-3-5-7-52)63(80)40-51-44-74(45-51)15-18-83-21-24-86-36-37-92-38-39-93-48-54-46-76(73-72-54)16-19-84-22-25-87-27-29-89-31-33-91-35-34-90-32-30-88-28-26-85-23-20-82-17-11-64(81)94-65-55(68)41-53(67)42-56(65)69/h3-7,41-42,46,51,57,60-62H,8-40,43-45,47-48H2,1-2H3,(H,71,79)/t57-,60?,61?,62?,66?/m0/s1. The highest BCUT2D eigenvalue weighted by Gasteiger charge is 2.75. The Labute approximate surface area is 548 Å². The number of carbonyl (C=O) groups is 3. The van der Waals surface area contributed by atoms with Gasteiger partial charge in [0.2, 0.25) is 17.6 Å². The number of nitrogens with one attached hydrogen (secondary N) is 1. The number of carbonyl (C=O) groups excluding carboxylic acids is 3. The van der Waals surface area contributed by atoms with E-state index < -0.39 is 29.2 Å². The summed E-state index contributed by atoms with van der Waals surface area (Å²) in [5.74, 6) is -3.88. The third-order valence-corrected chi connectivity index (χ3v) is 17.8. The monoisotopic (exact) mass is 1330 g/mol. The average molecular weight is 1330 g/mol. The summed E-state index contributed by atoms with van der Waals surface area (Å²) in [4.78, 5) is 49.6. The fourth-order valence-electron chi connectivity index (χ4n) is 13.2. The Morgan fingerprint density at radius 1 is 0.660 bits per heavy atom. The van der Waals surface area contributed by atoms with E-state index in [1.165, 1.54) is 18.5 Å². The molecule has 2 amide bonds. The Hall–Kier alpha value is -5.57. The van der Waals surface area contributed by atoms with Gasteiger partial charge in [-0.05, 0) is 44.1 Å². The number of fused-ring (bicyclic) bond motifs is 1. The number of amides is 2. The number of aromatic nitrogens is 5. The van der Waals surface area contributed by atoms with Crippen LogP contribution in [0.1, 0.15) is 86.0 Å². The number of ether oxygens (including phenoxy) is 13. The van der Waals surface area contributed by atoms with Crippen LogP contribution < -0.4 is 10.1 Å². The summed E-state index contributed by atoms with van der Waals surface area (Å²) in [7, 11) is 0. The van der Waals surface area contributed by atoms with Crippen LogP contribution in [0.2, 0.25) is 0 Å². The van der Waals surface area contributed by atoms with Crippen LogP contribution in [0.15, 0.2) is 48.7 Å². The van der Waals surface area contributed by atoms with Gasteiger partial charge in [0.25, 0.3) is 0 Å². The van der Waals surface area contributed by atoms with Crippen molar-refractivity contribution in [2.24, 2.45) is 11.3 Å². The molecule has 4 unspecified atom stereocenters. The van der Waals surface area contributed by atoms with E-state index in [-0.39, 0.29) is 44.1 Å². The molecule has 1 N–H and O–H groups in total. The van der Waals surface area contributed by atoms with Gasteiger partial charge in [0.05, 0.1) is 196 Å². The molecule has 94 heavy (non-hydrogen) atoms. The van der Waals surface area contributed by atoms with Crippen molar-refractivity contribution in [3.63, 3.8) is 0 Å². The Kier molecular flexibility index (Phi) is 30.2. The molecule has 522 valence electrons. The molecule has 2 aromatic carbocycles. The number of likely N-dealkylation sites (tertiary alicyclic amines) is 2. The van der Waals surface area contributed by atoms with Crippen molar-refractivity contribution in [1.29, 1.82) is 0 Å². The minimum atomic E-state index is -1.30. The molecule has 2 aromatic heterocycles. The van der Waals surface area contributed by atoms with Crippen molar-refractivity contribution in [2.45, 2.75) is 103 Å². The Bertz CT molecular complexity index is 2880. The van der Waals surface area contributed by atoms with E-state index in [9.17, 15) is 27.6 Å². The first-order valence-corrected chi connectivity index (χ1v) is 33.3. The number of aryl methyl sites for hydroxylation is 1. The summed E-state index contributed by atoms with van der Waals surface area (Å²) in [6.45, 7) is 18.9. The molecule has 9 rings (SSSR count). The number of nitrogens with zero attached hydrogens (tertiary/aromatic N) is 8. The third-order valence-electron chi connectivity index (χ3n) is 17.8. The van der Waals surface area contributed by atoms with Crippen LogP contribution in [0.25, 0.3) is 0 Å². The zero-order chi connectivity index (χ0) is 65.7. The summed E-state index contributed by atoms with van der Waals surface area (Å²) in [6.07, 6.45) is 7.58. The summed E-state index contributed by atoms with van der Waals surface area (Å²) >= 11 is 0. The Balaban J connectivity index is 0.472. The predicted molar refractivity (Wildman–Crippen MR) is 333 cm³/mol. The van der Waals surface area contributed by atoms with Crippen LogP contribution in [-0.2, 0) is 97.3 Å². The van der Waals surface area contributed by atoms with E-state index in [2.05, 4.69) is 53.8 Å². The SMILES string of the molecule is CC(=O)N[C@@H](CCN1C2CCC23C1CC3n1c(C)nc2c1CCN(C(=O)CC1CN(CCOCCOCCOCCOCc3cn(CCOCCOCCOCCOCCOCCOCCOCCOCCC(=O)Oc4c(F)cc(F)cc4F)nn3)C1)C2)c1ccccc1. The van der Waals surface area contributed by atoms with Gasteiger partial charge in [0.1, 0.15) is 17.3 Å². The first-order valence-electron chi connectivity index (χ1n) is 33.3. The molecule has 4 fully saturated rings. The third kappa shape index (κ3) is 21.7. The first kappa shape index (κ1) is 72.7. The molecule has 3 aliphatic heterocycles. The van der Waals surface area contributed by atoms with Crippen LogP contribution in [0, 0.1) is 35.7 Å². The lowest BCUT2D eigenvalue weighted by Crippen LogP contribution is -2.85. The van der Waals surface area contributed by atoms with Crippen LogP contribution in [0.4, 0.5) is 13.2 Å². The van der Waals surface area contributed by atoms with Crippen molar-refractivity contribution in [3.8, 4) is 5.75 Å². The van der Waals surface area contributed by atoms with Crippen LogP contribution >= 0.6 is 0 Å². The maximum Gasteiger partial charge on any atom is 0.313 e. The molecule has 2 saturated carbocycles. The maximum atomic E-state index is 13.6. The average Bonchev–Trinajstić information content (AvgIpc) is 0.866. The van der Waals surface area contributed by atoms with E-state index >= 15 is 0 Å². The highest BCUT2D eigenvalue weighted by atomic mass is 19.1. The molecule has 2 saturated heterocycles. The van der Waals surface area contributed by atoms with Crippen LogP contribution in [0.3, 0.4) is 0 Å². The van der Waals surface area contributed by atoms with Gasteiger partial charge < -0.3 is 81.3 Å². The number of halogens is 3. The summed E-state index contributed by atoms with van der Waals surface area (Å²) in [6, 6.07) is 12.9. The van der Waals surface area contributed by atoms with Gasteiger partial charge in [-0.15, -0.1) is 5.10 Å². The van der Waals surface area contributed by atoms with Crippen molar-refractivity contribution < 1.29 is 89.1 Å². The number of rotatable bonds is 50. The van der Waals surface area contributed by atoms with E-state index in [0.717, 1.165) is 74.8 Å². The molecule has 0 radical (unpaired) electrons. The molecule has 5 heterocycles. The van der Waals surface area contributed by atoms with Crippen molar-refractivity contribution in [3.05, 3.63) is 94.6 Å². The second kappa shape index (κ2) is 39.0. The zero-order valence-electron chi connectivity index (χ0n) is 54.6. The van der Waals surface area contributed by atoms with Crippen LogP contribution in [-0.4, -0.2) is 254 Å². The number of esters is 1. The second-order valence-corrected chi connectivity index (χ2v) is 24.1. The molecule has 1 spiro atoms. The second-order valence-electron chi connectivity index (χ2n) is 24.1. The number of imidazole rings is 1. The molecule has 2 aliphatic carbocycles. The van der Waals surface area contributed by atoms with Crippen molar-refractivity contribution in [1.82, 2.24) is 44.6 Å². The number of benzene rings is 2. The molecular weight excluding hydrogens is 1230 g/mol. The topological polar surface area (TPSA) is 241 Å². The maximum absolute atomic E-state index is 13.6. The van der Waals surface area contributed by atoms with Gasteiger partial charge in [-0.25, -0.2) is 22.8 Å². The smallest absolute Gasteiger partial charge is 0.313 e. The minimum absolute atomic E-state index is 0.0108. The summed E-state index contributed by atoms with van der Waals surface area (Å²) in [5, 5.41) is 11.5. The molecule has 0 bridgehead atoms. The largest absolute Gasteiger partial charge is 0.420 e.